The van der Waals surface area contributed by atoms with Gasteiger partial charge in [0.1, 0.15) is 0 Å². The minimum Gasteiger partial charge on any atom is -0.351 e. The van der Waals surface area contributed by atoms with Gasteiger partial charge in [-0.2, -0.15) is 0 Å². The number of sulfone groups is 1. The number of nitrogens with one attached hydrogen (secondary N) is 1. The van der Waals surface area contributed by atoms with Gasteiger partial charge in [-0.1, -0.05) is 0 Å². The maximum atomic E-state index is 11.7. The van der Waals surface area contributed by atoms with Crippen molar-refractivity contribution in [2.45, 2.75) is 24.9 Å². The molecule has 2 aliphatic heterocycles. The maximum absolute atomic E-state index is 11.7. The van der Waals surface area contributed by atoms with Crippen LogP contribution < -0.4 is 11.1 Å². The number of hydrogen-bond acceptors (Lipinski definition) is 5. The number of nitrogens with zero attached hydrogens (tertiary/aromatic N) is 1. The third-order valence-corrected chi connectivity index (χ3v) is 5.04. The molecule has 2 saturated heterocycles. The summed E-state index contributed by atoms with van der Waals surface area (Å²) < 4.78 is 22.5. The molecule has 98 valence electrons. The average molecular weight is 261 g/mol. The fraction of sp³-hybridized carbons (Fsp3) is 0.900. The van der Waals surface area contributed by atoms with Crippen LogP contribution in [0.4, 0.5) is 0 Å². The van der Waals surface area contributed by atoms with Gasteiger partial charge in [-0.3, -0.25) is 9.69 Å². The van der Waals surface area contributed by atoms with Crippen molar-refractivity contribution in [1.29, 1.82) is 0 Å². The zero-order valence-electron chi connectivity index (χ0n) is 9.76. The summed E-state index contributed by atoms with van der Waals surface area (Å²) in [7, 11) is -2.93. The van der Waals surface area contributed by atoms with Gasteiger partial charge in [-0.05, 0) is 12.8 Å². The summed E-state index contributed by atoms with van der Waals surface area (Å²) in [5.74, 6) is 0.173. The molecule has 0 aromatic heterocycles. The number of amides is 1. The lowest BCUT2D eigenvalue weighted by Gasteiger charge is -2.16. The molecule has 2 aliphatic rings. The Hall–Kier alpha value is -0.660. The van der Waals surface area contributed by atoms with E-state index in [-0.39, 0.29) is 29.5 Å². The van der Waals surface area contributed by atoms with Gasteiger partial charge in [0.05, 0.1) is 18.1 Å². The molecule has 0 aromatic rings. The van der Waals surface area contributed by atoms with Crippen LogP contribution in [0, 0.1) is 0 Å². The topological polar surface area (TPSA) is 92.5 Å². The lowest BCUT2D eigenvalue weighted by atomic mass is 10.2. The minimum absolute atomic E-state index is 0.0816. The van der Waals surface area contributed by atoms with E-state index in [2.05, 4.69) is 5.32 Å². The molecule has 1 unspecified atom stereocenters. The minimum atomic E-state index is -2.93. The van der Waals surface area contributed by atoms with Crippen LogP contribution in [-0.4, -0.2) is 62.4 Å². The fourth-order valence-electron chi connectivity index (χ4n) is 2.39. The summed E-state index contributed by atoms with van der Waals surface area (Å²) in [6, 6.07) is -0.0431. The van der Waals surface area contributed by atoms with E-state index >= 15 is 0 Å². The van der Waals surface area contributed by atoms with Gasteiger partial charge in [0.15, 0.2) is 9.84 Å². The zero-order chi connectivity index (χ0) is 12.5. The first kappa shape index (κ1) is 12.8. The quantitative estimate of drug-likeness (QED) is 0.633. The Labute approximate surface area is 101 Å². The first-order valence-corrected chi connectivity index (χ1v) is 7.74. The van der Waals surface area contributed by atoms with Crippen molar-refractivity contribution < 1.29 is 13.2 Å². The second-order valence-corrected chi connectivity index (χ2v) is 7.18. The Morgan fingerprint density at radius 2 is 2.18 bits per heavy atom. The fourth-order valence-corrected chi connectivity index (χ4v) is 4.06. The molecule has 3 N–H and O–H groups in total. The van der Waals surface area contributed by atoms with Gasteiger partial charge in [0.2, 0.25) is 5.91 Å². The summed E-state index contributed by atoms with van der Waals surface area (Å²) in [5.41, 5.74) is 5.75. The number of carbonyl (C=O) groups excluding carboxylic acids is 1. The molecule has 17 heavy (non-hydrogen) atoms. The van der Waals surface area contributed by atoms with E-state index in [9.17, 15) is 13.2 Å². The lowest BCUT2D eigenvalue weighted by Crippen LogP contribution is -2.42. The first-order valence-electron chi connectivity index (χ1n) is 5.92. The van der Waals surface area contributed by atoms with E-state index in [1.807, 2.05) is 4.90 Å². The monoisotopic (exact) mass is 261 g/mol. The SMILES string of the molecule is N[C@@H]1CCN(CC(=O)NC2CCS(=O)(=O)C2)C1. The Kier molecular flexibility index (Phi) is 3.70. The largest absolute Gasteiger partial charge is 0.351 e. The molecule has 2 rings (SSSR count). The van der Waals surface area contributed by atoms with E-state index in [4.69, 9.17) is 5.73 Å². The van der Waals surface area contributed by atoms with Gasteiger partial charge in [-0.15, -0.1) is 0 Å². The number of carbonyl (C=O) groups is 1. The lowest BCUT2D eigenvalue weighted by molar-refractivity contribution is -0.122. The normalized spacial score (nSPS) is 32.8. The van der Waals surface area contributed by atoms with Crippen LogP contribution in [0.3, 0.4) is 0 Å². The molecule has 0 saturated carbocycles. The van der Waals surface area contributed by atoms with Gasteiger partial charge in [0, 0.05) is 25.2 Å². The van der Waals surface area contributed by atoms with Crippen LogP contribution in [0.5, 0.6) is 0 Å². The molecule has 2 atom stereocenters. The number of hydrogen-bond donors (Lipinski definition) is 2. The van der Waals surface area contributed by atoms with Crippen LogP contribution in [0.2, 0.25) is 0 Å². The summed E-state index contributed by atoms with van der Waals surface area (Å²) in [6.07, 6.45) is 1.46. The molecular formula is C10H19N3O3S. The van der Waals surface area contributed by atoms with Crippen molar-refractivity contribution >= 4 is 15.7 Å². The molecule has 0 radical (unpaired) electrons. The molecule has 7 heteroatoms. The van der Waals surface area contributed by atoms with E-state index in [1.165, 1.54) is 0 Å². The highest BCUT2D eigenvalue weighted by atomic mass is 32.2. The van der Waals surface area contributed by atoms with Crippen LogP contribution in [0.15, 0.2) is 0 Å². The molecule has 6 nitrogen and oxygen atoms in total. The van der Waals surface area contributed by atoms with E-state index in [1.54, 1.807) is 0 Å². The average Bonchev–Trinajstić information content (AvgIpc) is 2.73. The predicted molar refractivity (Wildman–Crippen MR) is 64.2 cm³/mol. The van der Waals surface area contributed by atoms with Crippen molar-refractivity contribution in [2.24, 2.45) is 5.73 Å². The molecule has 2 fully saturated rings. The second-order valence-electron chi connectivity index (χ2n) is 4.95. The Morgan fingerprint density at radius 1 is 1.41 bits per heavy atom. The molecule has 0 bridgehead atoms. The molecular weight excluding hydrogens is 242 g/mol. The van der Waals surface area contributed by atoms with Crippen molar-refractivity contribution in [2.75, 3.05) is 31.1 Å². The number of nitrogens with two attached hydrogens (primary N) is 1. The molecule has 0 aliphatic carbocycles. The Balaban J connectivity index is 1.75. The van der Waals surface area contributed by atoms with Crippen LogP contribution in [-0.2, 0) is 14.6 Å². The van der Waals surface area contributed by atoms with E-state index in [0.717, 1.165) is 19.5 Å². The van der Waals surface area contributed by atoms with Crippen molar-refractivity contribution in [3.05, 3.63) is 0 Å². The van der Waals surface area contributed by atoms with Gasteiger partial charge >= 0.3 is 0 Å². The Bertz CT molecular complexity index is 396. The first-order chi connectivity index (χ1) is 7.94. The van der Waals surface area contributed by atoms with Crippen LogP contribution in [0.25, 0.3) is 0 Å². The van der Waals surface area contributed by atoms with Gasteiger partial charge in [0.25, 0.3) is 0 Å². The predicted octanol–water partition coefficient (Wildman–Crippen LogP) is -1.68. The molecule has 0 spiro atoms. The number of likely N-dealkylation sites (tertiary alicyclic amines) is 1. The molecule has 1 amide bonds. The Morgan fingerprint density at radius 3 is 2.71 bits per heavy atom. The van der Waals surface area contributed by atoms with Crippen LogP contribution in [0.1, 0.15) is 12.8 Å². The smallest absolute Gasteiger partial charge is 0.234 e. The van der Waals surface area contributed by atoms with Gasteiger partial charge in [-0.25, -0.2) is 8.42 Å². The summed E-state index contributed by atoms with van der Waals surface area (Å²) in [4.78, 5) is 13.7. The highest BCUT2D eigenvalue weighted by Gasteiger charge is 2.29. The standard InChI is InChI=1S/C10H19N3O3S/c11-8-1-3-13(5-8)6-10(14)12-9-2-4-17(15,16)7-9/h8-9H,1-7,11H2,(H,12,14)/t8-,9?/m1/s1. The molecule has 2 heterocycles. The summed E-state index contributed by atoms with van der Waals surface area (Å²) >= 11 is 0. The summed E-state index contributed by atoms with van der Waals surface area (Å²) in [5, 5.41) is 2.78. The van der Waals surface area contributed by atoms with Crippen LogP contribution >= 0.6 is 0 Å². The third-order valence-electron chi connectivity index (χ3n) is 3.27. The second kappa shape index (κ2) is 4.91. The highest BCUT2D eigenvalue weighted by Crippen LogP contribution is 2.11. The van der Waals surface area contributed by atoms with Gasteiger partial charge < -0.3 is 11.1 Å². The summed E-state index contributed by atoms with van der Waals surface area (Å²) in [6.45, 7) is 1.91. The van der Waals surface area contributed by atoms with E-state index < -0.39 is 9.84 Å². The van der Waals surface area contributed by atoms with Crippen molar-refractivity contribution in [3.63, 3.8) is 0 Å². The highest BCUT2D eigenvalue weighted by molar-refractivity contribution is 7.91. The maximum Gasteiger partial charge on any atom is 0.234 e. The number of rotatable bonds is 3. The zero-order valence-corrected chi connectivity index (χ0v) is 10.6. The van der Waals surface area contributed by atoms with Crippen molar-refractivity contribution in [1.82, 2.24) is 10.2 Å². The molecule has 0 aromatic carbocycles. The third kappa shape index (κ3) is 3.65. The van der Waals surface area contributed by atoms with Crippen molar-refractivity contribution in [3.8, 4) is 0 Å². The van der Waals surface area contributed by atoms with E-state index in [0.29, 0.717) is 13.0 Å².